The van der Waals surface area contributed by atoms with E-state index in [9.17, 15) is 18.5 Å². The Labute approximate surface area is 170 Å². The quantitative estimate of drug-likeness (QED) is 0.346. The van der Waals surface area contributed by atoms with Crippen molar-refractivity contribution in [1.29, 1.82) is 0 Å². The van der Waals surface area contributed by atoms with Crippen LogP contribution in [0.5, 0.6) is 0 Å². The Hall–Kier alpha value is -3.28. The van der Waals surface area contributed by atoms with Crippen molar-refractivity contribution in [2.45, 2.75) is 11.8 Å². The minimum absolute atomic E-state index is 0.0112. The zero-order valence-corrected chi connectivity index (χ0v) is 16.6. The van der Waals surface area contributed by atoms with Crippen LogP contribution in [0, 0.1) is 17.0 Å². The number of hydrogen-bond donors (Lipinski definition) is 2. The Morgan fingerprint density at radius 3 is 2.59 bits per heavy atom. The molecule has 0 amide bonds. The predicted octanol–water partition coefficient (Wildman–Crippen LogP) is 2.84. The first-order valence-corrected chi connectivity index (χ1v) is 10.0. The van der Waals surface area contributed by atoms with Gasteiger partial charge in [-0.3, -0.25) is 15.5 Å². The van der Waals surface area contributed by atoms with E-state index in [2.05, 4.69) is 15.6 Å². The zero-order chi connectivity index (χ0) is 21.2. The number of hydrogen-bond acceptors (Lipinski definition) is 7. The van der Waals surface area contributed by atoms with Gasteiger partial charge in [0.2, 0.25) is 10.0 Å². The number of primary sulfonamides is 1. The highest BCUT2D eigenvalue weighted by Crippen LogP contribution is 2.27. The molecule has 2 aromatic carbocycles. The number of nitrogens with zero attached hydrogens (tertiary/aromatic N) is 4. The van der Waals surface area contributed by atoms with Crippen molar-refractivity contribution < 1.29 is 13.3 Å². The topological polar surface area (TPSA) is 146 Å². The summed E-state index contributed by atoms with van der Waals surface area (Å²) >= 11 is 6.39. The van der Waals surface area contributed by atoms with Crippen LogP contribution in [0.4, 0.5) is 11.4 Å². The number of aromatic nitrogens is 2. The van der Waals surface area contributed by atoms with Gasteiger partial charge in [0, 0.05) is 6.07 Å². The van der Waals surface area contributed by atoms with Crippen LogP contribution in [0.15, 0.2) is 58.5 Å². The molecule has 0 radical (unpaired) electrons. The third kappa shape index (κ3) is 4.42. The van der Waals surface area contributed by atoms with Crippen molar-refractivity contribution in [1.82, 2.24) is 9.78 Å². The fourth-order valence-electron chi connectivity index (χ4n) is 2.50. The Kier molecular flexibility index (Phi) is 5.64. The van der Waals surface area contributed by atoms with Crippen molar-refractivity contribution in [2.75, 3.05) is 5.43 Å². The van der Waals surface area contributed by atoms with Gasteiger partial charge in [-0.2, -0.15) is 10.2 Å². The zero-order valence-electron chi connectivity index (χ0n) is 15.0. The van der Waals surface area contributed by atoms with E-state index >= 15 is 0 Å². The van der Waals surface area contributed by atoms with E-state index in [-0.39, 0.29) is 10.6 Å². The van der Waals surface area contributed by atoms with Crippen LogP contribution in [0.25, 0.3) is 5.69 Å². The fourth-order valence-corrected chi connectivity index (χ4v) is 3.35. The normalized spacial score (nSPS) is 11.7. The number of nitro groups is 1. The Morgan fingerprint density at radius 2 is 1.97 bits per heavy atom. The van der Waals surface area contributed by atoms with Gasteiger partial charge >= 0.3 is 0 Å². The van der Waals surface area contributed by atoms with Gasteiger partial charge in [0.1, 0.15) is 10.8 Å². The first kappa shape index (κ1) is 20.5. The maximum atomic E-state index is 11.4. The van der Waals surface area contributed by atoms with Crippen LogP contribution < -0.4 is 10.6 Å². The third-order valence-electron chi connectivity index (χ3n) is 3.92. The monoisotopic (exact) mass is 434 g/mol. The van der Waals surface area contributed by atoms with Gasteiger partial charge in [-0.1, -0.05) is 29.8 Å². The molecule has 10 nitrogen and oxygen atoms in total. The molecule has 0 bridgehead atoms. The Balaban J connectivity index is 1.89. The summed E-state index contributed by atoms with van der Waals surface area (Å²) in [6.07, 6.45) is 1.38. The first-order valence-electron chi connectivity index (χ1n) is 8.09. The highest BCUT2D eigenvalue weighted by atomic mass is 35.5. The van der Waals surface area contributed by atoms with Crippen LogP contribution in [0.2, 0.25) is 5.15 Å². The summed E-state index contributed by atoms with van der Waals surface area (Å²) in [6, 6.07) is 12.5. The van der Waals surface area contributed by atoms with Gasteiger partial charge in [0.25, 0.3) is 5.69 Å². The largest absolute Gasteiger partial charge is 0.295 e. The van der Waals surface area contributed by atoms with Crippen LogP contribution in [-0.4, -0.2) is 29.3 Å². The van der Waals surface area contributed by atoms with Gasteiger partial charge in [-0.05, 0) is 31.2 Å². The summed E-state index contributed by atoms with van der Waals surface area (Å²) in [5.41, 5.74) is 3.91. The standard InChI is InChI=1S/C17H15ClN6O4S/c1-11-14(17(18)23(22-11)12-5-3-2-4-6-12)10-20-21-15-8-7-13(29(19,27)28)9-16(15)24(25)26/h2-10,21H,1H3,(H2,19,27,28)/b20-10+. The summed E-state index contributed by atoms with van der Waals surface area (Å²) in [7, 11) is -4.07. The van der Waals surface area contributed by atoms with E-state index in [1.807, 2.05) is 30.3 Å². The van der Waals surface area contributed by atoms with Gasteiger partial charge in [-0.25, -0.2) is 18.2 Å². The number of nitro benzene ring substituents is 1. The molecule has 1 heterocycles. The SMILES string of the molecule is Cc1nn(-c2ccccc2)c(Cl)c1/C=N/Nc1ccc(S(N)(=O)=O)cc1[N+](=O)[O-]. The third-order valence-corrected chi connectivity index (χ3v) is 5.20. The fraction of sp³-hybridized carbons (Fsp3) is 0.0588. The van der Waals surface area contributed by atoms with E-state index in [1.54, 1.807) is 11.6 Å². The Morgan fingerprint density at radius 1 is 1.28 bits per heavy atom. The summed E-state index contributed by atoms with van der Waals surface area (Å²) in [6.45, 7) is 1.75. The molecule has 0 unspecified atom stereocenters. The molecule has 0 aliphatic rings. The lowest BCUT2D eigenvalue weighted by atomic mass is 10.3. The van der Waals surface area contributed by atoms with E-state index in [4.69, 9.17) is 16.7 Å². The van der Waals surface area contributed by atoms with Gasteiger partial charge < -0.3 is 0 Å². The lowest BCUT2D eigenvalue weighted by Gasteiger charge is -2.04. The highest BCUT2D eigenvalue weighted by Gasteiger charge is 2.19. The molecule has 3 N–H and O–H groups in total. The van der Waals surface area contributed by atoms with Crippen LogP contribution >= 0.6 is 11.6 Å². The van der Waals surface area contributed by atoms with Crippen LogP contribution in [-0.2, 0) is 10.0 Å². The number of para-hydroxylation sites is 1. The van der Waals surface area contributed by atoms with Crippen molar-refractivity contribution in [3.05, 3.63) is 75.1 Å². The molecule has 3 rings (SSSR count). The highest BCUT2D eigenvalue weighted by molar-refractivity contribution is 7.89. The second-order valence-corrected chi connectivity index (χ2v) is 7.81. The number of nitrogens with two attached hydrogens (primary N) is 1. The van der Waals surface area contributed by atoms with E-state index < -0.39 is 20.6 Å². The molecule has 0 aliphatic carbocycles. The second kappa shape index (κ2) is 7.99. The summed E-state index contributed by atoms with van der Waals surface area (Å²) in [4.78, 5) is 10.1. The molecule has 0 fully saturated rings. The Bertz CT molecular complexity index is 1210. The molecule has 0 spiro atoms. The molecule has 29 heavy (non-hydrogen) atoms. The number of halogens is 1. The second-order valence-electron chi connectivity index (χ2n) is 5.89. The number of sulfonamides is 1. The van der Waals surface area contributed by atoms with Crippen LogP contribution in [0.1, 0.15) is 11.3 Å². The smallest absolute Gasteiger partial charge is 0.272 e. The van der Waals surface area contributed by atoms with E-state index in [0.717, 1.165) is 17.8 Å². The molecule has 3 aromatic rings. The number of aryl methyl sites for hydroxylation is 1. The number of anilines is 1. The first-order chi connectivity index (χ1) is 13.7. The van der Waals surface area contributed by atoms with Crippen LogP contribution in [0.3, 0.4) is 0 Å². The lowest BCUT2D eigenvalue weighted by molar-refractivity contribution is -0.384. The minimum atomic E-state index is -4.07. The predicted molar refractivity (Wildman–Crippen MR) is 109 cm³/mol. The maximum Gasteiger partial charge on any atom is 0.295 e. The van der Waals surface area contributed by atoms with Gasteiger partial charge in [0.15, 0.2) is 0 Å². The molecule has 0 atom stereocenters. The molecule has 150 valence electrons. The molecular weight excluding hydrogens is 420 g/mol. The molecule has 1 aromatic heterocycles. The molecule has 0 aliphatic heterocycles. The van der Waals surface area contributed by atoms with E-state index in [0.29, 0.717) is 16.4 Å². The number of rotatable bonds is 6. The minimum Gasteiger partial charge on any atom is -0.272 e. The summed E-state index contributed by atoms with van der Waals surface area (Å²) in [5.74, 6) is 0. The van der Waals surface area contributed by atoms with Crippen molar-refractivity contribution >= 4 is 39.2 Å². The molecule has 12 heteroatoms. The molecular formula is C17H15ClN6O4S. The average Bonchev–Trinajstić information content (AvgIpc) is 2.96. The maximum absolute atomic E-state index is 11.4. The van der Waals surface area contributed by atoms with Crippen molar-refractivity contribution in [3.8, 4) is 5.69 Å². The van der Waals surface area contributed by atoms with Gasteiger partial charge in [0.05, 0.1) is 33.0 Å². The van der Waals surface area contributed by atoms with Crippen molar-refractivity contribution in [2.24, 2.45) is 10.2 Å². The van der Waals surface area contributed by atoms with E-state index in [1.165, 1.54) is 12.3 Å². The molecule has 0 saturated carbocycles. The number of nitrogens with one attached hydrogen (secondary N) is 1. The molecule has 0 saturated heterocycles. The number of benzene rings is 2. The summed E-state index contributed by atoms with van der Waals surface area (Å²) in [5, 5.41) is 24.9. The van der Waals surface area contributed by atoms with Gasteiger partial charge in [-0.15, -0.1) is 0 Å². The van der Waals surface area contributed by atoms with Crippen molar-refractivity contribution in [3.63, 3.8) is 0 Å². The summed E-state index contributed by atoms with van der Waals surface area (Å²) < 4.78 is 24.3. The lowest BCUT2D eigenvalue weighted by Crippen LogP contribution is -2.12. The number of hydrazone groups is 1. The average molecular weight is 435 g/mol.